The highest BCUT2D eigenvalue weighted by molar-refractivity contribution is 6.34. The first-order valence-electron chi connectivity index (χ1n) is 8.05. The van der Waals surface area contributed by atoms with Crippen LogP contribution in [-0.4, -0.2) is 24.3 Å². The van der Waals surface area contributed by atoms with Crippen LogP contribution in [-0.2, 0) is 11.2 Å². The number of Topliss-reactive ketones (excluding diaryl/α,β-unsaturated/α-hetero) is 1. The van der Waals surface area contributed by atoms with E-state index in [1.807, 2.05) is 30.3 Å². The standard InChI is InChI=1S/C19H19ClN2O2/c20-15-9-4-6-13(12-17(23)16-10-5-11-21-16)18(15)19(24)22-14-7-2-1-3-8-14/h1-4,6-9,16,21H,5,10-12H2,(H,22,24)/t16-/m0/s1. The zero-order valence-corrected chi connectivity index (χ0v) is 14.0. The van der Waals surface area contributed by atoms with Crippen LogP contribution in [0.15, 0.2) is 48.5 Å². The molecule has 0 saturated carbocycles. The number of benzene rings is 2. The monoisotopic (exact) mass is 342 g/mol. The lowest BCUT2D eigenvalue weighted by Gasteiger charge is -2.14. The van der Waals surface area contributed by atoms with E-state index in [0.717, 1.165) is 19.4 Å². The van der Waals surface area contributed by atoms with Gasteiger partial charge in [0.05, 0.1) is 16.6 Å². The SMILES string of the molecule is O=C(Nc1ccccc1)c1c(Cl)cccc1CC(=O)[C@@H]1CCCN1. The number of amides is 1. The molecule has 124 valence electrons. The molecule has 0 spiro atoms. The third kappa shape index (κ3) is 3.83. The Labute approximate surface area is 146 Å². The van der Waals surface area contributed by atoms with E-state index in [4.69, 9.17) is 11.6 Å². The first kappa shape index (κ1) is 16.7. The van der Waals surface area contributed by atoms with Crippen LogP contribution >= 0.6 is 11.6 Å². The van der Waals surface area contributed by atoms with E-state index in [-0.39, 0.29) is 24.2 Å². The molecule has 1 amide bonds. The molecular weight excluding hydrogens is 324 g/mol. The number of rotatable bonds is 5. The Kier molecular flexibility index (Phi) is 5.28. The number of hydrogen-bond acceptors (Lipinski definition) is 3. The van der Waals surface area contributed by atoms with Gasteiger partial charge in [0.1, 0.15) is 0 Å². The van der Waals surface area contributed by atoms with Crippen LogP contribution < -0.4 is 10.6 Å². The molecule has 3 rings (SSSR count). The Morgan fingerprint density at radius 3 is 2.62 bits per heavy atom. The molecule has 2 N–H and O–H groups in total. The number of halogens is 1. The number of para-hydroxylation sites is 1. The minimum absolute atomic E-state index is 0.100. The van der Waals surface area contributed by atoms with Gasteiger partial charge in [-0.05, 0) is 43.1 Å². The molecule has 1 atom stereocenters. The van der Waals surface area contributed by atoms with E-state index in [1.54, 1.807) is 18.2 Å². The lowest BCUT2D eigenvalue weighted by Crippen LogP contribution is -2.32. The number of nitrogens with one attached hydrogen (secondary N) is 2. The van der Waals surface area contributed by atoms with Gasteiger partial charge in [-0.15, -0.1) is 0 Å². The second-order valence-electron chi connectivity index (χ2n) is 5.89. The number of carbonyl (C=O) groups is 2. The number of carbonyl (C=O) groups excluding carboxylic acids is 2. The minimum Gasteiger partial charge on any atom is -0.322 e. The van der Waals surface area contributed by atoms with Crippen molar-refractivity contribution in [3.05, 3.63) is 64.7 Å². The van der Waals surface area contributed by atoms with Gasteiger partial charge >= 0.3 is 0 Å². The molecule has 24 heavy (non-hydrogen) atoms. The molecule has 0 aliphatic carbocycles. The summed E-state index contributed by atoms with van der Waals surface area (Å²) in [6.07, 6.45) is 2.06. The highest BCUT2D eigenvalue weighted by atomic mass is 35.5. The van der Waals surface area contributed by atoms with Crippen molar-refractivity contribution in [3.8, 4) is 0 Å². The first-order chi connectivity index (χ1) is 11.6. The van der Waals surface area contributed by atoms with Crippen LogP contribution in [0.5, 0.6) is 0 Å². The van der Waals surface area contributed by atoms with Crippen molar-refractivity contribution in [1.82, 2.24) is 5.32 Å². The topological polar surface area (TPSA) is 58.2 Å². The predicted octanol–water partition coefficient (Wildman–Crippen LogP) is 3.46. The third-order valence-electron chi connectivity index (χ3n) is 4.17. The fourth-order valence-electron chi connectivity index (χ4n) is 2.96. The summed E-state index contributed by atoms with van der Waals surface area (Å²) in [6, 6.07) is 14.3. The van der Waals surface area contributed by atoms with Crippen LogP contribution in [0.1, 0.15) is 28.8 Å². The Morgan fingerprint density at radius 1 is 1.12 bits per heavy atom. The van der Waals surface area contributed by atoms with Gasteiger partial charge in [-0.2, -0.15) is 0 Å². The number of hydrogen-bond donors (Lipinski definition) is 2. The first-order valence-corrected chi connectivity index (χ1v) is 8.43. The largest absolute Gasteiger partial charge is 0.322 e. The van der Waals surface area contributed by atoms with Crippen LogP contribution in [0.2, 0.25) is 5.02 Å². The highest BCUT2D eigenvalue weighted by Crippen LogP contribution is 2.23. The molecule has 0 aromatic heterocycles. The molecule has 4 nitrogen and oxygen atoms in total. The second-order valence-corrected chi connectivity index (χ2v) is 6.29. The summed E-state index contributed by atoms with van der Waals surface area (Å²) in [5.74, 6) is -0.197. The lowest BCUT2D eigenvalue weighted by atomic mass is 9.97. The number of ketones is 1. The summed E-state index contributed by atoms with van der Waals surface area (Å²) in [5.41, 5.74) is 1.72. The minimum atomic E-state index is -0.297. The molecule has 2 aromatic rings. The molecule has 1 fully saturated rings. The smallest absolute Gasteiger partial charge is 0.257 e. The highest BCUT2D eigenvalue weighted by Gasteiger charge is 2.24. The Hall–Kier alpha value is -2.17. The Morgan fingerprint density at radius 2 is 1.92 bits per heavy atom. The van der Waals surface area contributed by atoms with Crippen molar-refractivity contribution >= 4 is 29.0 Å². The van der Waals surface area contributed by atoms with E-state index < -0.39 is 0 Å². The maximum atomic E-state index is 12.6. The van der Waals surface area contributed by atoms with Gasteiger partial charge in [0.2, 0.25) is 0 Å². The maximum absolute atomic E-state index is 12.6. The van der Waals surface area contributed by atoms with E-state index in [1.165, 1.54) is 0 Å². The summed E-state index contributed by atoms with van der Waals surface area (Å²) < 4.78 is 0. The molecule has 5 heteroatoms. The van der Waals surface area contributed by atoms with Crippen molar-refractivity contribution < 1.29 is 9.59 Å². The van der Waals surface area contributed by atoms with Crippen molar-refractivity contribution in [2.24, 2.45) is 0 Å². The van der Waals surface area contributed by atoms with Gasteiger partial charge in [0, 0.05) is 12.1 Å². The van der Waals surface area contributed by atoms with Crippen LogP contribution in [0.3, 0.4) is 0 Å². The van der Waals surface area contributed by atoms with Crippen molar-refractivity contribution in [1.29, 1.82) is 0 Å². The molecule has 1 aliphatic rings. The van der Waals surface area contributed by atoms with Crippen molar-refractivity contribution in [2.75, 3.05) is 11.9 Å². The Bertz CT molecular complexity index is 740. The second kappa shape index (κ2) is 7.60. The molecule has 2 aromatic carbocycles. The van der Waals surface area contributed by atoms with Gasteiger partial charge < -0.3 is 10.6 Å². The summed E-state index contributed by atoms with van der Waals surface area (Å²) >= 11 is 6.25. The summed E-state index contributed by atoms with van der Waals surface area (Å²) in [6.45, 7) is 0.868. The molecule has 0 bridgehead atoms. The molecule has 1 saturated heterocycles. The van der Waals surface area contributed by atoms with E-state index in [2.05, 4.69) is 10.6 Å². The van der Waals surface area contributed by atoms with Gasteiger partial charge in [-0.25, -0.2) is 0 Å². The van der Waals surface area contributed by atoms with Crippen molar-refractivity contribution in [3.63, 3.8) is 0 Å². The zero-order chi connectivity index (χ0) is 16.9. The summed E-state index contributed by atoms with van der Waals surface area (Å²) in [4.78, 5) is 25.1. The fourth-order valence-corrected chi connectivity index (χ4v) is 3.24. The summed E-state index contributed by atoms with van der Waals surface area (Å²) in [5, 5.41) is 6.38. The van der Waals surface area contributed by atoms with Crippen LogP contribution in [0.4, 0.5) is 5.69 Å². The average molecular weight is 343 g/mol. The quantitative estimate of drug-likeness (QED) is 0.875. The van der Waals surface area contributed by atoms with Gasteiger partial charge in [0.25, 0.3) is 5.91 Å². The molecular formula is C19H19ClN2O2. The summed E-state index contributed by atoms with van der Waals surface area (Å²) in [7, 11) is 0. The number of anilines is 1. The van der Waals surface area contributed by atoms with Crippen molar-refractivity contribution in [2.45, 2.75) is 25.3 Å². The third-order valence-corrected chi connectivity index (χ3v) is 4.49. The van der Waals surface area contributed by atoms with Gasteiger partial charge in [0.15, 0.2) is 5.78 Å². The predicted molar refractivity (Wildman–Crippen MR) is 95.6 cm³/mol. The Balaban J connectivity index is 1.81. The van der Waals surface area contributed by atoms with E-state index in [9.17, 15) is 9.59 Å². The molecule has 1 heterocycles. The molecule has 0 unspecified atom stereocenters. The molecule has 0 radical (unpaired) electrons. The normalized spacial score (nSPS) is 16.8. The fraction of sp³-hybridized carbons (Fsp3) is 0.263. The van der Waals surface area contributed by atoms with E-state index >= 15 is 0 Å². The average Bonchev–Trinajstić information content (AvgIpc) is 3.10. The lowest BCUT2D eigenvalue weighted by molar-refractivity contribution is -0.120. The maximum Gasteiger partial charge on any atom is 0.257 e. The van der Waals surface area contributed by atoms with Gasteiger partial charge in [-0.3, -0.25) is 9.59 Å². The zero-order valence-electron chi connectivity index (χ0n) is 13.2. The molecule has 1 aliphatic heterocycles. The van der Waals surface area contributed by atoms with Gasteiger partial charge in [-0.1, -0.05) is 41.9 Å². The van der Waals surface area contributed by atoms with Crippen LogP contribution in [0.25, 0.3) is 0 Å². The van der Waals surface area contributed by atoms with Crippen LogP contribution in [0, 0.1) is 0 Å². The van der Waals surface area contributed by atoms with E-state index in [0.29, 0.717) is 21.8 Å².